The van der Waals surface area contributed by atoms with Gasteiger partial charge in [-0.05, 0) is 33.6 Å². The van der Waals surface area contributed by atoms with E-state index in [1.165, 1.54) is 0 Å². The summed E-state index contributed by atoms with van der Waals surface area (Å²) in [5.41, 5.74) is -0.278. The standard InChI is InChI=1S/C9H5BrClF5/c10-5-3-4(1-2-6(5)12)7(11)9(15,16)8(13)14/h1-3,7-8H. The Labute approximate surface area is 102 Å². The number of halogens is 7. The number of hydrogen-bond donors (Lipinski definition) is 0. The summed E-state index contributed by atoms with van der Waals surface area (Å²) >= 11 is 8.00. The highest BCUT2D eigenvalue weighted by atomic mass is 79.9. The lowest BCUT2D eigenvalue weighted by Gasteiger charge is -2.21. The van der Waals surface area contributed by atoms with Crippen molar-refractivity contribution in [2.75, 3.05) is 0 Å². The van der Waals surface area contributed by atoms with Crippen molar-refractivity contribution in [1.29, 1.82) is 0 Å². The van der Waals surface area contributed by atoms with E-state index in [-0.39, 0.29) is 10.0 Å². The van der Waals surface area contributed by atoms with Gasteiger partial charge in [-0.2, -0.15) is 8.78 Å². The first-order valence-corrected chi connectivity index (χ1v) is 5.24. The second kappa shape index (κ2) is 4.87. The van der Waals surface area contributed by atoms with Crippen LogP contribution in [0.15, 0.2) is 22.7 Å². The maximum Gasteiger partial charge on any atom is 0.327 e. The molecule has 0 aliphatic carbocycles. The zero-order valence-electron chi connectivity index (χ0n) is 7.53. The van der Waals surface area contributed by atoms with E-state index in [2.05, 4.69) is 15.9 Å². The van der Waals surface area contributed by atoms with Gasteiger partial charge in [-0.3, -0.25) is 0 Å². The molecule has 1 atom stereocenters. The van der Waals surface area contributed by atoms with E-state index in [4.69, 9.17) is 11.6 Å². The van der Waals surface area contributed by atoms with Gasteiger partial charge in [0.25, 0.3) is 0 Å². The molecule has 0 spiro atoms. The van der Waals surface area contributed by atoms with E-state index >= 15 is 0 Å². The molecule has 0 heterocycles. The van der Waals surface area contributed by atoms with Crippen LogP contribution in [0.1, 0.15) is 10.9 Å². The Morgan fingerprint density at radius 2 is 1.81 bits per heavy atom. The van der Waals surface area contributed by atoms with E-state index in [1.54, 1.807) is 0 Å². The topological polar surface area (TPSA) is 0 Å². The molecule has 0 radical (unpaired) electrons. The lowest BCUT2D eigenvalue weighted by atomic mass is 10.1. The zero-order chi connectivity index (χ0) is 12.5. The van der Waals surface area contributed by atoms with Crippen molar-refractivity contribution < 1.29 is 22.0 Å². The minimum absolute atomic E-state index is 0.110. The van der Waals surface area contributed by atoms with Crippen molar-refractivity contribution in [3.05, 3.63) is 34.1 Å². The van der Waals surface area contributed by atoms with E-state index in [0.29, 0.717) is 0 Å². The first-order chi connectivity index (χ1) is 7.26. The summed E-state index contributed by atoms with van der Waals surface area (Å²) in [6.45, 7) is 0. The summed E-state index contributed by atoms with van der Waals surface area (Å²) in [4.78, 5) is 0. The third-order valence-corrected chi connectivity index (χ3v) is 3.02. The Hall–Kier alpha value is -0.360. The minimum atomic E-state index is -4.36. The molecular formula is C9H5BrClF5. The van der Waals surface area contributed by atoms with Crippen LogP contribution in [0.4, 0.5) is 22.0 Å². The van der Waals surface area contributed by atoms with Crippen molar-refractivity contribution in [3.8, 4) is 0 Å². The maximum atomic E-state index is 12.9. The van der Waals surface area contributed by atoms with Crippen LogP contribution in [-0.4, -0.2) is 12.3 Å². The largest absolute Gasteiger partial charge is 0.327 e. The van der Waals surface area contributed by atoms with Crippen molar-refractivity contribution in [1.82, 2.24) is 0 Å². The Kier molecular flexibility index (Phi) is 4.17. The molecule has 16 heavy (non-hydrogen) atoms. The molecule has 7 heteroatoms. The maximum absolute atomic E-state index is 12.9. The summed E-state index contributed by atoms with van der Waals surface area (Å²) in [7, 11) is 0. The van der Waals surface area contributed by atoms with Crippen molar-refractivity contribution >= 4 is 27.5 Å². The predicted molar refractivity (Wildman–Crippen MR) is 53.6 cm³/mol. The molecule has 0 bridgehead atoms. The fourth-order valence-electron chi connectivity index (χ4n) is 1.00. The highest BCUT2D eigenvalue weighted by Crippen LogP contribution is 2.41. The molecule has 1 aromatic carbocycles. The van der Waals surface area contributed by atoms with Gasteiger partial charge in [0.1, 0.15) is 11.2 Å². The highest BCUT2D eigenvalue weighted by Gasteiger charge is 2.48. The molecule has 1 aromatic rings. The van der Waals surface area contributed by atoms with Crippen LogP contribution in [0.3, 0.4) is 0 Å². The van der Waals surface area contributed by atoms with Gasteiger partial charge in [0, 0.05) is 0 Å². The van der Waals surface area contributed by atoms with Gasteiger partial charge in [0.05, 0.1) is 4.47 Å². The number of hydrogen-bond acceptors (Lipinski definition) is 0. The Morgan fingerprint density at radius 3 is 2.25 bits per heavy atom. The number of rotatable bonds is 3. The smallest absolute Gasteiger partial charge is 0.206 e. The van der Waals surface area contributed by atoms with Crippen LogP contribution >= 0.6 is 27.5 Å². The van der Waals surface area contributed by atoms with E-state index in [9.17, 15) is 22.0 Å². The highest BCUT2D eigenvalue weighted by molar-refractivity contribution is 9.10. The van der Waals surface area contributed by atoms with Crippen LogP contribution in [0.5, 0.6) is 0 Å². The lowest BCUT2D eigenvalue weighted by molar-refractivity contribution is -0.130. The van der Waals surface area contributed by atoms with Gasteiger partial charge < -0.3 is 0 Å². The molecule has 90 valence electrons. The van der Waals surface area contributed by atoms with Gasteiger partial charge in [-0.1, -0.05) is 6.07 Å². The second-order valence-corrected chi connectivity index (χ2v) is 4.30. The molecule has 0 aliphatic heterocycles. The van der Waals surface area contributed by atoms with Crippen LogP contribution in [0.25, 0.3) is 0 Å². The molecule has 0 N–H and O–H groups in total. The van der Waals surface area contributed by atoms with Crippen LogP contribution < -0.4 is 0 Å². The molecule has 0 aliphatic rings. The summed E-state index contributed by atoms with van der Waals surface area (Å²) < 4.78 is 62.4. The molecule has 1 rings (SSSR count). The lowest BCUT2D eigenvalue weighted by Crippen LogP contribution is -2.31. The molecule has 1 unspecified atom stereocenters. The third-order valence-electron chi connectivity index (χ3n) is 1.87. The zero-order valence-corrected chi connectivity index (χ0v) is 9.87. The summed E-state index contributed by atoms with van der Waals surface area (Å²) in [6, 6.07) is 2.76. The van der Waals surface area contributed by atoms with Crippen LogP contribution in [0.2, 0.25) is 0 Å². The van der Waals surface area contributed by atoms with Gasteiger partial charge in [-0.15, -0.1) is 11.6 Å². The van der Waals surface area contributed by atoms with Crippen LogP contribution in [-0.2, 0) is 0 Å². The summed E-state index contributed by atoms with van der Waals surface area (Å²) in [6.07, 6.45) is -3.88. The minimum Gasteiger partial charge on any atom is -0.206 e. The molecule has 0 saturated heterocycles. The SMILES string of the molecule is Fc1ccc(C(Cl)C(F)(F)C(F)F)cc1Br. The van der Waals surface area contributed by atoms with Crippen molar-refractivity contribution in [3.63, 3.8) is 0 Å². The van der Waals surface area contributed by atoms with Gasteiger partial charge in [-0.25, -0.2) is 13.2 Å². The monoisotopic (exact) mass is 322 g/mol. The Bertz CT molecular complexity index is 382. The fourth-order valence-corrected chi connectivity index (χ4v) is 1.63. The average Bonchev–Trinajstić information content (AvgIpc) is 2.20. The Morgan fingerprint density at radius 1 is 1.25 bits per heavy atom. The Balaban J connectivity index is 3.05. The molecule has 0 saturated carbocycles. The van der Waals surface area contributed by atoms with Gasteiger partial charge in [0.2, 0.25) is 0 Å². The van der Waals surface area contributed by atoms with E-state index in [0.717, 1.165) is 18.2 Å². The first-order valence-electron chi connectivity index (χ1n) is 4.01. The second-order valence-electron chi connectivity index (χ2n) is 3.01. The van der Waals surface area contributed by atoms with Gasteiger partial charge >= 0.3 is 12.3 Å². The molecule has 0 aromatic heterocycles. The summed E-state index contributed by atoms with van der Waals surface area (Å²) in [5.74, 6) is -5.05. The summed E-state index contributed by atoms with van der Waals surface area (Å²) in [5, 5.41) is -2.20. The number of alkyl halides is 5. The first kappa shape index (κ1) is 13.7. The average molecular weight is 323 g/mol. The third kappa shape index (κ3) is 2.66. The fraction of sp³-hybridized carbons (Fsp3) is 0.333. The normalized spacial score (nSPS) is 14.2. The quantitative estimate of drug-likeness (QED) is 0.555. The van der Waals surface area contributed by atoms with Crippen LogP contribution in [0, 0.1) is 5.82 Å². The molecule has 0 nitrogen and oxygen atoms in total. The molecular weight excluding hydrogens is 318 g/mol. The van der Waals surface area contributed by atoms with Crippen molar-refractivity contribution in [2.24, 2.45) is 0 Å². The van der Waals surface area contributed by atoms with E-state index in [1.807, 2.05) is 0 Å². The number of benzene rings is 1. The van der Waals surface area contributed by atoms with Crippen molar-refractivity contribution in [2.45, 2.75) is 17.7 Å². The molecule has 0 fully saturated rings. The predicted octanol–water partition coefficient (Wildman–Crippen LogP) is 4.77. The van der Waals surface area contributed by atoms with Gasteiger partial charge in [0.15, 0.2) is 0 Å². The van der Waals surface area contributed by atoms with E-state index < -0.39 is 23.5 Å². The molecule has 0 amide bonds.